The molecule has 0 bridgehead atoms. The first-order valence-corrected chi connectivity index (χ1v) is 5.37. The van der Waals surface area contributed by atoms with Gasteiger partial charge in [0.15, 0.2) is 0 Å². The van der Waals surface area contributed by atoms with Crippen LogP contribution in [0.2, 0.25) is 0 Å². The highest BCUT2D eigenvalue weighted by Crippen LogP contribution is 2.40. The normalized spacial score (nSPS) is 19.1. The summed E-state index contributed by atoms with van der Waals surface area (Å²) in [5.41, 5.74) is -0.789. The van der Waals surface area contributed by atoms with Crippen LogP contribution < -0.4 is 5.32 Å². The van der Waals surface area contributed by atoms with Crippen LogP contribution in [0.3, 0.4) is 0 Å². The van der Waals surface area contributed by atoms with Gasteiger partial charge in [0.05, 0.1) is 12.1 Å². The Hall–Kier alpha value is -1.48. The molecule has 0 saturated heterocycles. The molecule has 1 rings (SSSR count). The summed E-state index contributed by atoms with van der Waals surface area (Å²) in [7, 11) is 0. The molecule has 1 N–H and O–H groups in total. The molecule has 3 heteroatoms. The smallest absolute Gasteiger partial charge is 0.241 e. The average Bonchev–Trinajstić information content (AvgIpc) is 2.16. The first-order valence-electron chi connectivity index (χ1n) is 5.37. The van der Waals surface area contributed by atoms with Crippen molar-refractivity contribution in [1.82, 2.24) is 5.32 Å². The topological polar surface area (TPSA) is 52.9 Å². The van der Waals surface area contributed by atoms with E-state index in [2.05, 4.69) is 17.3 Å². The zero-order chi connectivity index (χ0) is 11.3. The van der Waals surface area contributed by atoms with Gasteiger partial charge in [0.25, 0.3) is 0 Å². The zero-order valence-corrected chi connectivity index (χ0v) is 9.05. The lowest BCUT2D eigenvalue weighted by molar-refractivity contribution is -0.132. The third-order valence-corrected chi connectivity index (χ3v) is 2.94. The fourth-order valence-electron chi connectivity index (χ4n) is 1.70. The summed E-state index contributed by atoms with van der Waals surface area (Å²) in [6.45, 7) is 2.01. The Bertz CT molecular complexity index is 317. The van der Waals surface area contributed by atoms with Crippen molar-refractivity contribution < 1.29 is 4.79 Å². The molecule has 1 aliphatic rings. The molecular formula is C12H16N2O. The van der Waals surface area contributed by atoms with E-state index in [4.69, 9.17) is 11.7 Å². The van der Waals surface area contributed by atoms with Gasteiger partial charge in [-0.2, -0.15) is 5.26 Å². The standard InChI is InChI=1S/C12H16N2O/c1-3-6-10(4-2)14-11(15)12(9-13)7-5-8-12/h2,10H,3,5-8H2,1H3,(H,14,15). The van der Waals surface area contributed by atoms with Gasteiger partial charge in [0.1, 0.15) is 5.41 Å². The number of amides is 1. The molecular weight excluding hydrogens is 188 g/mol. The maximum Gasteiger partial charge on any atom is 0.241 e. The molecule has 0 aromatic rings. The van der Waals surface area contributed by atoms with Gasteiger partial charge >= 0.3 is 0 Å². The first-order chi connectivity index (χ1) is 7.18. The van der Waals surface area contributed by atoms with Crippen LogP contribution in [0, 0.1) is 29.1 Å². The minimum absolute atomic E-state index is 0.187. The van der Waals surface area contributed by atoms with Crippen LogP contribution in [0.4, 0.5) is 0 Å². The van der Waals surface area contributed by atoms with E-state index >= 15 is 0 Å². The molecule has 1 saturated carbocycles. The lowest BCUT2D eigenvalue weighted by atomic mass is 9.69. The average molecular weight is 204 g/mol. The van der Waals surface area contributed by atoms with E-state index in [-0.39, 0.29) is 11.9 Å². The van der Waals surface area contributed by atoms with Crippen LogP contribution in [-0.2, 0) is 4.79 Å². The minimum atomic E-state index is -0.789. The number of hydrogen-bond acceptors (Lipinski definition) is 2. The van der Waals surface area contributed by atoms with E-state index < -0.39 is 5.41 Å². The van der Waals surface area contributed by atoms with Gasteiger partial charge in [-0.15, -0.1) is 6.42 Å². The second-order valence-corrected chi connectivity index (χ2v) is 4.03. The van der Waals surface area contributed by atoms with Crippen LogP contribution in [0.15, 0.2) is 0 Å². The van der Waals surface area contributed by atoms with E-state index in [1.165, 1.54) is 0 Å². The van der Waals surface area contributed by atoms with E-state index in [0.29, 0.717) is 12.8 Å². The van der Waals surface area contributed by atoms with Gasteiger partial charge in [0, 0.05) is 0 Å². The lowest BCUT2D eigenvalue weighted by Crippen LogP contribution is -2.48. The van der Waals surface area contributed by atoms with Gasteiger partial charge in [-0.3, -0.25) is 4.79 Å². The quantitative estimate of drug-likeness (QED) is 0.707. The van der Waals surface area contributed by atoms with Crippen molar-refractivity contribution in [3.63, 3.8) is 0 Å². The predicted octanol–water partition coefficient (Wildman–Crippen LogP) is 1.60. The molecule has 3 nitrogen and oxygen atoms in total. The summed E-state index contributed by atoms with van der Waals surface area (Å²) in [4.78, 5) is 11.8. The molecule has 0 radical (unpaired) electrons. The summed E-state index contributed by atoms with van der Waals surface area (Å²) in [5.74, 6) is 2.35. The van der Waals surface area contributed by atoms with Crippen LogP contribution in [-0.4, -0.2) is 11.9 Å². The largest absolute Gasteiger partial charge is 0.341 e. The Balaban J connectivity index is 2.55. The molecule has 0 spiro atoms. The molecule has 0 aromatic carbocycles. The Morgan fingerprint density at radius 3 is 2.67 bits per heavy atom. The van der Waals surface area contributed by atoms with E-state index in [0.717, 1.165) is 19.3 Å². The Kier molecular flexibility index (Phi) is 3.74. The Morgan fingerprint density at radius 1 is 1.67 bits per heavy atom. The molecule has 80 valence electrons. The lowest BCUT2D eigenvalue weighted by Gasteiger charge is -2.34. The minimum Gasteiger partial charge on any atom is -0.341 e. The molecule has 1 fully saturated rings. The summed E-state index contributed by atoms with van der Waals surface area (Å²) >= 11 is 0. The molecule has 1 atom stereocenters. The fraction of sp³-hybridized carbons (Fsp3) is 0.667. The summed E-state index contributed by atoms with van der Waals surface area (Å²) in [5, 5.41) is 11.7. The van der Waals surface area contributed by atoms with Crippen LogP contribution in [0.5, 0.6) is 0 Å². The Morgan fingerprint density at radius 2 is 2.33 bits per heavy atom. The first kappa shape index (κ1) is 11.6. The van der Waals surface area contributed by atoms with E-state index in [1.807, 2.05) is 6.92 Å². The van der Waals surface area contributed by atoms with E-state index in [9.17, 15) is 4.79 Å². The third kappa shape index (κ3) is 2.30. The number of nitrogens with one attached hydrogen (secondary N) is 1. The third-order valence-electron chi connectivity index (χ3n) is 2.94. The monoisotopic (exact) mass is 204 g/mol. The van der Waals surface area contributed by atoms with Crippen molar-refractivity contribution in [3.05, 3.63) is 0 Å². The molecule has 1 unspecified atom stereocenters. The molecule has 1 aliphatic carbocycles. The number of rotatable bonds is 4. The maximum absolute atomic E-state index is 11.8. The van der Waals surface area contributed by atoms with Crippen LogP contribution in [0.25, 0.3) is 0 Å². The number of nitriles is 1. The van der Waals surface area contributed by atoms with Gasteiger partial charge in [-0.1, -0.05) is 19.3 Å². The number of nitrogens with zero attached hydrogens (tertiary/aromatic N) is 1. The van der Waals surface area contributed by atoms with Gasteiger partial charge in [-0.05, 0) is 25.7 Å². The fourth-order valence-corrected chi connectivity index (χ4v) is 1.70. The summed E-state index contributed by atoms with van der Waals surface area (Å²) in [6, 6.07) is 1.88. The summed E-state index contributed by atoms with van der Waals surface area (Å²) in [6.07, 6.45) is 9.28. The highest BCUT2D eigenvalue weighted by atomic mass is 16.2. The number of hydrogen-bond donors (Lipinski definition) is 1. The molecule has 15 heavy (non-hydrogen) atoms. The number of carbonyl (C=O) groups is 1. The second kappa shape index (κ2) is 4.84. The van der Waals surface area contributed by atoms with Crippen molar-refractivity contribution in [2.45, 2.75) is 45.1 Å². The SMILES string of the molecule is C#CC(CCC)NC(=O)C1(C#N)CCC1. The van der Waals surface area contributed by atoms with Crippen LogP contribution >= 0.6 is 0 Å². The van der Waals surface area contributed by atoms with Gasteiger partial charge in [0.2, 0.25) is 5.91 Å². The van der Waals surface area contributed by atoms with Gasteiger partial charge in [-0.25, -0.2) is 0 Å². The van der Waals surface area contributed by atoms with Crippen molar-refractivity contribution in [1.29, 1.82) is 5.26 Å². The number of terminal acetylenes is 1. The highest BCUT2D eigenvalue weighted by Gasteiger charge is 2.44. The molecule has 0 heterocycles. The predicted molar refractivity (Wildman–Crippen MR) is 57.6 cm³/mol. The van der Waals surface area contributed by atoms with Crippen molar-refractivity contribution in [2.24, 2.45) is 5.41 Å². The maximum atomic E-state index is 11.8. The molecule has 0 aromatic heterocycles. The van der Waals surface area contributed by atoms with Crippen molar-refractivity contribution >= 4 is 5.91 Å². The van der Waals surface area contributed by atoms with Crippen molar-refractivity contribution in [3.8, 4) is 18.4 Å². The van der Waals surface area contributed by atoms with Gasteiger partial charge < -0.3 is 5.32 Å². The summed E-state index contributed by atoms with van der Waals surface area (Å²) < 4.78 is 0. The highest BCUT2D eigenvalue weighted by molar-refractivity contribution is 5.86. The Labute approximate surface area is 90.9 Å². The van der Waals surface area contributed by atoms with Crippen molar-refractivity contribution in [2.75, 3.05) is 0 Å². The zero-order valence-electron chi connectivity index (χ0n) is 9.05. The molecule has 0 aliphatic heterocycles. The van der Waals surface area contributed by atoms with E-state index in [1.54, 1.807) is 0 Å². The number of carbonyl (C=O) groups excluding carboxylic acids is 1. The molecule has 1 amide bonds. The second-order valence-electron chi connectivity index (χ2n) is 4.03. The van der Waals surface area contributed by atoms with Crippen LogP contribution in [0.1, 0.15) is 39.0 Å².